The van der Waals surface area contributed by atoms with E-state index in [2.05, 4.69) is 0 Å². The summed E-state index contributed by atoms with van der Waals surface area (Å²) in [4.78, 5) is 0. The van der Waals surface area contributed by atoms with E-state index in [0.29, 0.717) is 5.56 Å². The predicted octanol–water partition coefficient (Wildman–Crippen LogP) is -0.318. The van der Waals surface area contributed by atoms with Crippen molar-refractivity contribution < 1.29 is 15.2 Å². The lowest BCUT2D eigenvalue weighted by Crippen LogP contribution is -2.20. The fourth-order valence-corrected chi connectivity index (χ4v) is 1.08. The molecule has 1 radical (unpaired) electrons. The summed E-state index contributed by atoms with van der Waals surface area (Å²) in [5.74, 6) is -0.0316. The van der Waals surface area contributed by atoms with Gasteiger partial charge < -0.3 is 15.2 Å². The van der Waals surface area contributed by atoms with Gasteiger partial charge in [0, 0.05) is 0 Å². The van der Waals surface area contributed by atoms with Crippen LogP contribution in [0, 0.1) is 0 Å². The van der Waals surface area contributed by atoms with Gasteiger partial charge in [0.2, 0.25) is 0 Å². The third-order valence-electron chi connectivity index (χ3n) is 1.70. The molecule has 63 valence electrons. The minimum atomic E-state index is -0.699. The first-order chi connectivity index (χ1) is 5.66. The molecule has 0 spiro atoms. The van der Waals surface area contributed by atoms with E-state index in [1.165, 1.54) is 6.07 Å². The van der Waals surface area contributed by atoms with Crippen molar-refractivity contribution in [2.45, 2.75) is 13.0 Å². The first kappa shape index (κ1) is 9.10. The molecule has 1 aromatic rings. The second kappa shape index (κ2) is 3.60. The monoisotopic (exact) mass is 165 g/mol. The molecule has 0 aliphatic heterocycles. The molecule has 12 heavy (non-hydrogen) atoms. The minimum Gasteiger partial charge on any atom is -0.508 e. The zero-order valence-corrected chi connectivity index (χ0v) is 6.73. The van der Waals surface area contributed by atoms with Crippen LogP contribution in [0.25, 0.3) is 0 Å². The molecule has 1 unspecified atom stereocenters. The summed E-state index contributed by atoms with van der Waals surface area (Å²) in [7, 11) is 0.789. The summed E-state index contributed by atoms with van der Waals surface area (Å²) in [5, 5.41) is 27.2. The number of phenolic OH excluding ortho intramolecular Hbond substituents is 1. The first-order valence-electron chi connectivity index (χ1n) is 3.64. The van der Waals surface area contributed by atoms with Crippen LogP contribution in [-0.4, -0.2) is 22.7 Å². The number of hydrogen-bond donors (Lipinski definition) is 3. The topological polar surface area (TPSA) is 60.7 Å². The molecule has 0 bridgehead atoms. The Morgan fingerprint density at radius 1 is 1.42 bits per heavy atom. The van der Waals surface area contributed by atoms with Gasteiger partial charge in [0.05, 0.1) is 6.10 Å². The number of rotatable bonds is 2. The van der Waals surface area contributed by atoms with E-state index in [1.807, 2.05) is 0 Å². The van der Waals surface area contributed by atoms with E-state index in [-0.39, 0.29) is 11.2 Å². The van der Waals surface area contributed by atoms with Crippen molar-refractivity contribution in [3.05, 3.63) is 23.8 Å². The maximum absolute atomic E-state index is 9.24. The van der Waals surface area contributed by atoms with Gasteiger partial charge in [0.25, 0.3) is 0 Å². The van der Waals surface area contributed by atoms with E-state index in [4.69, 9.17) is 5.02 Å². The molecule has 1 rings (SSSR count). The van der Waals surface area contributed by atoms with Gasteiger partial charge in [0.1, 0.15) is 5.75 Å². The summed E-state index contributed by atoms with van der Waals surface area (Å²) >= 11 is 0. The van der Waals surface area contributed by atoms with Gasteiger partial charge in [-0.1, -0.05) is 12.1 Å². The fourth-order valence-electron chi connectivity index (χ4n) is 1.08. The highest BCUT2D eigenvalue weighted by Gasteiger charge is 2.11. The van der Waals surface area contributed by atoms with Gasteiger partial charge in [-0.05, 0) is 24.0 Å². The van der Waals surface area contributed by atoms with Gasteiger partial charge in [-0.3, -0.25) is 0 Å². The van der Waals surface area contributed by atoms with Crippen molar-refractivity contribution in [3.8, 4) is 5.75 Å². The maximum Gasteiger partial charge on any atom is 0.331 e. The summed E-state index contributed by atoms with van der Waals surface area (Å²) in [6.07, 6.45) is -0.699. The Labute approximate surface area is 71.6 Å². The van der Waals surface area contributed by atoms with Gasteiger partial charge in [-0.25, -0.2) is 0 Å². The van der Waals surface area contributed by atoms with Crippen LogP contribution in [0.4, 0.5) is 0 Å². The van der Waals surface area contributed by atoms with Gasteiger partial charge in [0.15, 0.2) is 0 Å². The lowest BCUT2D eigenvalue weighted by atomic mass is 9.82. The number of benzene rings is 1. The summed E-state index contributed by atoms with van der Waals surface area (Å²) in [5.41, 5.74) is 0.782. The van der Waals surface area contributed by atoms with Gasteiger partial charge in [-0.2, -0.15) is 0 Å². The van der Waals surface area contributed by atoms with Crippen molar-refractivity contribution >= 4 is 12.9 Å². The zero-order chi connectivity index (χ0) is 9.14. The zero-order valence-electron chi connectivity index (χ0n) is 6.73. The second-order valence-electron chi connectivity index (χ2n) is 2.59. The lowest BCUT2D eigenvalue weighted by molar-refractivity contribution is 0.200. The third kappa shape index (κ3) is 1.60. The Kier molecular flexibility index (Phi) is 2.73. The Balaban J connectivity index is 3.18. The van der Waals surface area contributed by atoms with E-state index in [9.17, 15) is 10.2 Å². The molecule has 0 amide bonds. The quantitative estimate of drug-likeness (QED) is 0.526. The number of hydrogen-bond acceptors (Lipinski definition) is 3. The highest BCUT2D eigenvalue weighted by Crippen LogP contribution is 2.14. The molecule has 4 heteroatoms. The Hall–Kier alpha value is -0.995. The molecule has 0 aliphatic rings. The summed E-state index contributed by atoms with van der Waals surface area (Å²) in [6.45, 7) is 1.57. The standard InChI is InChI=1S/C8H10BO3/c1-5(10)6-3-2-4-7(11)8(6)9-12/h2-5,10-12H,1H3. The molecular formula is C8H10BO3. The van der Waals surface area contributed by atoms with Crippen LogP contribution in [-0.2, 0) is 0 Å². The number of phenols is 1. The normalized spacial score (nSPS) is 12.6. The molecular weight excluding hydrogens is 155 g/mol. The minimum absolute atomic E-state index is 0.0316. The van der Waals surface area contributed by atoms with Crippen LogP contribution in [0.3, 0.4) is 0 Å². The van der Waals surface area contributed by atoms with Crippen molar-refractivity contribution in [1.82, 2.24) is 0 Å². The molecule has 0 fully saturated rings. The first-order valence-corrected chi connectivity index (χ1v) is 3.64. The number of aliphatic hydroxyl groups excluding tert-OH is 1. The van der Waals surface area contributed by atoms with Crippen LogP contribution in [0.1, 0.15) is 18.6 Å². The predicted molar refractivity (Wildman–Crippen MR) is 46.3 cm³/mol. The Morgan fingerprint density at radius 3 is 2.50 bits per heavy atom. The van der Waals surface area contributed by atoms with Crippen LogP contribution in [0.2, 0.25) is 0 Å². The van der Waals surface area contributed by atoms with Crippen LogP contribution < -0.4 is 5.46 Å². The fraction of sp³-hybridized carbons (Fsp3) is 0.250. The van der Waals surface area contributed by atoms with Crippen LogP contribution in [0.15, 0.2) is 18.2 Å². The van der Waals surface area contributed by atoms with Crippen molar-refractivity contribution in [1.29, 1.82) is 0 Å². The smallest absolute Gasteiger partial charge is 0.331 e. The largest absolute Gasteiger partial charge is 0.508 e. The van der Waals surface area contributed by atoms with E-state index in [0.717, 1.165) is 7.48 Å². The van der Waals surface area contributed by atoms with E-state index in [1.54, 1.807) is 19.1 Å². The van der Waals surface area contributed by atoms with E-state index >= 15 is 0 Å². The highest BCUT2D eigenvalue weighted by molar-refractivity contribution is 6.47. The van der Waals surface area contributed by atoms with Gasteiger partial charge >= 0.3 is 7.48 Å². The lowest BCUT2D eigenvalue weighted by Gasteiger charge is -2.10. The second-order valence-corrected chi connectivity index (χ2v) is 2.59. The maximum atomic E-state index is 9.24. The molecule has 1 atom stereocenters. The third-order valence-corrected chi connectivity index (χ3v) is 1.70. The summed E-state index contributed by atoms with van der Waals surface area (Å²) in [6, 6.07) is 4.71. The van der Waals surface area contributed by atoms with Gasteiger partial charge in [-0.15, -0.1) is 0 Å². The van der Waals surface area contributed by atoms with Crippen molar-refractivity contribution in [3.63, 3.8) is 0 Å². The Bertz CT molecular complexity index is 273. The molecule has 3 N–H and O–H groups in total. The molecule has 3 nitrogen and oxygen atoms in total. The van der Waals surface area contributed by atoms with E-state index < -0.39 is 6.10 Å². The molecule has 0 heterocycles. The van der Waals surface area contributed by atoms with Crippen LogP contribution in [0.5, 0.6) is 5.75 Å². The molecule has 1 aromatic carbocycles. The summed E-state index contributed by atoms with van der Waals surface area (Å²) < 4.78 is 0. The molecule has 0 saturated carbocycles. The van der Waals surface area contributed by atoms with Crippen LogP contribution >= 0.6 is 0 Å². The number of aliphatic hydroxyl groups is 1. The highest BCUT2D eigenvalue weighted by atomic mass is 16.3. The number of aromatic hydroxyl groups is 1. The van der Waals surface area contributed by atoms with Crippen molar-refractivity contribution in [2.24, 2.45) is 0 Å². The Morgan fingerprint density at radius 2 is 2.08 bits per heavy atom. The molecule has 0 aliphatic carbocycles. The van der Waals surface area contributed by atoms with Crippen molar-refractivity contribution in [2.75, 3.05) is 0 Å². The average molecular weight is 165 g/mol. The molecule has 0 saturated heterocycles. The SMILES string of the molecule is CC(O)c1cccc(O)c1[B]O. The molecule has 0 aromatic heterocycles. The average Bonchev–Trinajstić information content (AvgIpc) is 2.03.